The summed E-state index contributed by atoms with van der Waals surface area (Å²) in [6.45, 7) is 9.06. The molecular weight excluding hydrogens is 344 g/mol. The minimum atomic E-state index is -0.647. The van der Waals surface area contributed by atoms with Gasteiger partial charge in [-0.3, -0.25) is 4.79 Å². The molecule has 0 saturated carbocycles. The lowest BCUT2D eigenvalue weighted by Gasteiger charge is -2.31. The zero-order valence-electron chi connectivity index (χ0n) is 16.5. The average molecular weight is 372 g/mol. The number of allylic oxidation sites excluding steroid dienone is 1. The van der Waals surface area contributed by atoms with Gasteiger partial charge in [0, 0.05) is 6.61 Å². The van der Waals surface area contributed by atoms with Gasteiger partial charge < -0.3 is 19.3 Å². The van der Waals surface area contributed by atoms with Gasteiger partial charge in [0.2, 0.25) is 0 Å². The number of ketones is 1. The van der Waals surface area contributed by atoms with Crippen LogP contribution in [-0.4, -0.2) is 42.6 Å². The number of rotatable bonds is 6. The number of carbonyl (C=O) groups is 1. The van der Waals surface area contributed by atoms with Crippen LogP contribution in [0.3, 0.4) is 0 Å². The van der Waals surface area contributed by atoms with Crippen molar-refractivity contribution in [2.45, 2.75) is 52.2 Å². The molecule has 3 aliphatic rings. The Hall–Kier alpha value is -1.69. The maximum absolute atomic E-state index is 13.5. The van der Waals surface area contributed by atoms with Gasteiger partial charge in [-0.1, -0.05) is 17.7 Å². The maximum atomic E-state index is 13.5. The zero-order valence-corrected chi connectivity index (χ0v) is 16.5. The van der Waals surface area contributed by atoms with Gasteiger partial charge >= 0.3 is 0 Å². The normalized spacial score (nSPS) is 31.9. The summed E-state index contributed by atoms with van der Waals surface area (Å²) >= 11 is 0. The standard InChI is InChI=1S/C22H28O5/c1-5-25-11-26-10-22-7-6-15(27-22)17-19(22)21(24)18(20(17)23)16-13(3)8-12(2)9-14(16)4/h8-9,15,17,19,23H,5-7,10-11H2,1-4H3/t15-,17-,19+,22-/m0/s1. The van der Waals surface area contributed by atoms with Gasteiger partial charge in [-0.2, -0.15) is 0 Å². The summed E-state index contributed by atoms with van der Waals surface area (Å²) in [4.78, 5) is 13.5. The highest BCUT2D eigenvalue weighted by Crippen LogP contribution is 2.59. The molecule has 4 rings (SSSR count). The van der Waals surface area contributed by atoms with Crippen molar-refractivity contribution >= 4 is 11.4 Å². The fraction of sp³-hybridized carbons (Fsp3) is 0.591. The van der Waals surface area contributed by atoms with Crippen LogP contribution < -0.4 is 0 Å². The Labute approximate surface area is 160 Å². The SMILES string of the molecule is CCOCOC[C@]12CC[C@H](O1)[C@@H]1C(O)=C(c3c(C)cc(C)cc3C)C(=O)[C@@H]12. The third-order valence-electron chi connectivity index (χ3n) is 6.31. The van der Waals surface area contributed by atoms with Crippen LogP contribution in [0.5, 0.6) is 0 Å². The Morgan fingerprint density at radius 1 is 1.22 bits per heavy atom. The molecule has 5 heteroatoms. The van der Waals surface area contributed by atoms with E-state index in [-0.39, 0.29) is 36.3 Å². The van der Waals surface area contributed by atoms with Crippen LogP contribution in [0.25, 0.3) is 5.57 Å². The molecule has 2 heterocycles. The second-order valence-electron chi connectivity index (χ2n) is 8.12. The van der Waals surface area contributed by atoms with Crippen LogP contribution in [0, 0.1) is 32.6 Å². The van der Waals surface area contributed by atoms with Gasteiger partial charge in [0.25, 0.3) is 0 Å². The minimum Gasteiger partial charge on any atom is -0.511 e. The number of aryl methyl sites for hydroxylation is 3. The number of hydrogen-bond acceptors (Lipinski definition) is 5. The molecule has 2 bridgehead atoms. The Balaban J connectivity index is 1.68. The molecule has 1 aromatic carbocycles. The van der Waals surface area contributed by atoms with Crippen LogP contribution in [0.15, 0.2) is 17.9 Å². The molecule has 0 spiro atoms. The number of carbonyl (C=O) groups excluding carboxylic acids is 1. The molecule has 4 atom stereocenters. The average Bonchev–Trinajstić information content (AvgIpc) is 3.24. The first-order valence-electron chi connectivity index (χ1n) is 9.78. The first kappa shape index (κ1) is 18.7. The summed E-state index contributed by atoms with van der Waals surface area (Å²) in [6, 6.07) is 4.13. The van der Waals surface area contributed by atoms with E-state index in [0.717, 1.165) is 35.1 Å². The minimum absolute atomic E-state index is 0.00485. The number of hydrogen-bond donors (Lipinski definition) is 1. The van der Waals surface area contributed by atoms with Crippen molar-refractivity contribution in [2.24, 2.45) is 11.8 Å². The molecule has 0 aromatic heterocycles. The van der Waals surface area contributed by atoms with E-state index >= 15 is 0 Å². The predicted molar refractivity (Wildman–Crippen MR) is 101 cm³/mol. The second kappa shape index (κ2) is 6.73. The third-order valence-corrected chi connectivity index (χ3v) is 6.31. The smallest absolute Gasteiger partial charge is 0.173 e. The first-order chi connectivity index (χ1) is 12.9. The quantitative estimate of drug-likeness (QED) is 0.610. The monoisotopic (exact) mass is 372 g/mol. The lowest BCUT2D eigenvalue weighted by molar-refractivity contribution is -0.137. The summed E-state index contributed by atoms with van der Waals surface area (Å²) in [5.41, 5.74) is 3.93. The molecular formula is C22H28O5. The largest absolute Gasteiger partial charge is 0.511 e. The molecule has 146 valence electrons. The van der Waals surface area contributed by atoms with Gasteiger partial charge in [-0.15, -0.1) is 0 Å². The van der Waals surface area contributed by atoms with Gasteiger partial charge in [-0.05, 0) is 57.2 Å². The number of aliphatic hydroxyl groups excluding tert-OH is 1. The second-order valence-corrected chi connectivity index (χ2v) is 8.12. The van der Waals surface area contributed by atoms with E-state index in [9.17, 15) is 9.90 Å². The number of fused-ring (bicyclic) bond motifs is 5. The lowest BCUT2D eigenvalue weighted by atomic mass is 9.72. The molecule has 0 unspecified atom stereocenters. The molecule has 1 aliphatic carbocycles. The van der Waals surface area contributed by atoms with E-state index in [1.54, 1.807) is 0 Å². The van der Waals surface area contributed by atoms with Crippen LogP contribution in [0.4, 0.5) is 0 Å². The molecule has 2 aliphatic heterocycles. The zero-order chi connectivity index (χ0) is 19.3. The molecule has 1 N–H and O–H groups in total. The topological polar surface area (TPSA) is 65.0 Å². The molecule has 27 heavy (non-hydrogen) atoms. The fourth-order valence-corrected chi connectivity index (χ4v) is 5.39. The van der Waals surface area contributed by atoms with Crippen LogP contribution in [0.2, 0.25) is 0 Å². The van der Waals surface area contributed by atoms with Gasteiger partial charge in [0.05, 0.1) is 30.1 Å². The number of Topliss-reactive ketones (excluding diaryl/α,β-unsaturated/α-hetero) is 1. The van der Waals surface area contributed by atoms with Gasteiger partial charge in [0.15, 0.2) is 5.78 Å². The molecule has 0 amide bonds. The number of benzene rings is 1. The first-order valence-corrected chi connectivity index (χ1v) is 9.78. The van der Waals surface area contributed by atoms with Crippen molar-refractivity contribution in [3.63, 3.8) is 0 Å². The maximum Gasteiger partial charge on any atom is 0.173 e. The van der Waals surface area contributed by atoms with Crippen molar-refractivity contribution in [1.82, 2.24) is 0 Å². The van der Waals surface area contributed by atoms with Crippen molar-refractivity contribution in [3.05, 3.63) is 40.1 Å². The Kier molecular flexibility index (Phi) is 4.65. The molecule has 1 aromatic rings. The van der Waals surface area contributed by atoms with E-state index in [1.165, 1.54) is 0 Å². The molecule has 2 fully saturated rings. The summed E-state index contributed by atoms with van der Waals surface area (Å²) in [5.74, 6) is -0.420. The van der Waals surface area contributed by atoms with E-state index in [1.807, 2.05) is 27.7 Å². The van der Waals surface area contributed by atoms with E-state index in [0.29, 0.717) is 18.8 Å². The highest BCUT2D eigenvalue weighted by atomic mass is 16.7. The number of ether oxygens (including phenoxy) is 3. The Bertz CT molecular complexity index is 788. The van der Waals surface area contributed by atoms with Crippen LogP contribution in [-0.2, 0) is 19.0 Å². The highest BCUT2D eigenvalue weighted by Gasteiger charge is 2.67. The van der Waals surface area contributed by atoms with E-state index in [2.05, 4.69) is 12.1 Å². The number of aliphatic hydroxyl groups is 1. The lowest BCUT2D eigenvalue weighted by Crippen LogP contribution is -2.44. The summed E-state index contributed by atoms with van der Waals surface area (Å²) in [7, 11) is 0. The van der Waals surface area contributed by atoms with E-state index in [4.69, 9.17) is 14.2 Å². The highest BCUT2D eigenvalue weighted by molar-refractivity contribution is 6.26. The van der Waals surface area contributed by atoms with Crippen molar-refractivity contribution in [3.8, 4) is 0 Å². The van der Waals surface area contributed by atoms with Crippen molar-refractivity contribution in [1.29, 1.82) is 0 Å². The summed E-state index contributed by atoms with van der Waals surface area (Å²) in [5, 5.41) is 11.1. The van der Waals surface area contributed by atoms with Gasteiger partial charge in [-0.25, -0.2) is 0 Å². The van der Waals surface area contributed by atoms with Crippen LogP contribution in [0.1, 0.15) is 42.0 Å². The summed E-state index contributed by atoms with van der Waals surface area (Å²) < 4.78 is 17.2. The van der Waals surface area contributed by atoms with Crippen molar-refractivity contribution < 1.29 is 24.1 Å². The van der Waals surface area contributed by atoms with Crippen LogP contribution >= 0.6 is 0 Å². The Morgan fingerprint density at radius 2 is 1.93 bits per heavy atom. The van der Waals surface area contributed by atoms with Gasteiger partial charge in [0.1, 0.15) is 18.2 Å². The Morgan fingerprint density at radius 3 is 2.59 bits per heavy atom. The molecule has 5 nitrogen and oxygen atoms in total. The fourth-order valence-electron chi connectivity index (χ4n) is 5.39. The molecule has 2 saturated heterocycles. The van der Waals surface area contributed by atoms with E-state index < -0.39 is 5.60 Å². The third kappa shape index (κ3) is 2.75. The van der Waals surface area contributed by atoms with Crippen molar-refractivity contribution in [2.75, 3.05) is 20.0 Å². The predicted octanol–water partition coefficient (Wildman–Crippen LogP) is 3.64. The molecule has 0 radical (unpaired) electrons. The summed E-state index contributed by atoms with van der Waals surface area (Å²) in [6.07, 6.45) is 1.51.